The maximum Gasteiger partial charge on any atom is 0.126 e. The van der Waals surface area contributed by atoms with Crippen molar-refractivity contribution in [2.75, 3.05) is 6.54 Å². The summed E-state index contributed by atoms with van der Waals surface area (Å²) in [7, 11) is 0. The number of aromatic nitrogens is 1. The third-order valence-electron chi connectivity index (χ3n) is 2.49. The van der Waals surface area contributed by atoms with Gasteiger partial charge in [0, 0.05) is 18.3 Å². The van der Waals surface area contributed by atoms with E-state index < -0.39 is 0 Å². The van der Waals surface area contributed by atoms with Crippen LogP contribution in [-0.4, -0.2) is 17.3 Å². The van der Waals surface area contributed by atoms with Gasteiger partial charge >= 0.3 is 0 Å². The Bertz CT molecular complexity index is 517. The maximum absolute atomic E-state index is 9.44. The van der Waals surface area contributed by atoms with Crippen LogP contribution >= 0.6 is 0 Å². The Balaban J connectivity index is 0. The zero-order valence-electron chi connectivity index (χ0n) is 17.1. The van der Waals surface area contributed by atoms with Gasteiger partial charge in [-0.3, -0.25) is 4.98 Å². The molecule has 140 valence electrons. The van der Waals surface area contributed by atoms with Gasteiger partial charge in [0.25, 0.3) is 0 Å². The maximum atomic E-state index is 9.44. The molecule has 1 aromatic carbocycles. The minimum Gasteiger partial charge on any atom is -0.313 e. The number of rotatable bonds is 4. The summed E-state index contributed by atoms with van der Waals surface area (Å²) >= 11 is 0. The first-order valence-electron chi connectivity index (χ1n) is 9.23. The van der Waals surface area contributed by atoms with Gasteiger partial charge in [-0.1, -0.05) is 71.4 Å². The van der Waals surface area contributed by atoms with E-state index in [1.807, 2.05) is 38.2 Å². The molecule has 0 atom stereocenters. The molecule has 1 aromatic heterocycles. The number of benzene rings is 1. The van der Waals surface area contributed by atoms with Gasteiger partial charge in [0.15, 0.2) is 0 Å². The van der Waals surface area contributed by atoms with E-state index in [4.69, 9.17) is 0 Å². The number of pyridine rings is 1. The fourth-order valence-electron chi connectivity index (χ4n) is 1.60. The molecular formula is C22H36N2O. The van der Waals surface area contributed by atoms with Crippen molar-refractivity contribution in [3.63, 3.8) is 0 Å². The van der Waals surface area contributed by atoms with Crippen LogP contribution in [0.3, 0.4) is 0 Å². The van der Waals surface area contributed by atoms with Gasteiger partial charge in [0.05, 0.1) is 5.69 Å². The summed E-state index contributed by atoms with van der Waals surface area (Å²) in [5.41, 5.74) is 3.50. The summed E-state index contributed by atoms with van der Waals surface area (Å²) < 4.78 is 0. The Hall–Kier alpha value is -2.00. The molecule has 2 aromatic rings. The number of nitrogens with one attached hydrogen (secondary N) is 1. The number of ketones is 1. The molecule has 3 nitrogen and oxygen atoms in total. The molecular weight excluding hydrogens is 308 g/mol. The highest BCUT2D eigenvalue weighted by atomic mass is 16.1. The molecule has 3 heteroatoms. The molecule has 0 unspecified atom stereocenters. The van der Waals surface area contributed by atoms with Crippen LogP contribution in [-0.2, 0) is 11.3 Å². The second-order valence-electron chi connectivity index (χ2n) is 5.31. The molecule has 0 amide bonds. The van der Waals surface area contributed by atoms with E-state index in [-0.39, 0.29) is 5.78 Å². The van der Waals surface area contributed by atoms with Gasteiger partial charge in [0.1, 0.15) is 5.78 Å². The molecule has 0 bridgehead atoms. The fraction of sp³-hybridized carbons (Fsp3) is 0.455. The summed E-state index contributed by atoms with van der Waals surface area (Å²) in [5, 5.41) is 3.31. The minimum atomic E-state index is 0.167. The second kappa shape index (κ2) is 18.3. The molecule has 0 aliphatic carbocycles. The van der Waals surface area contributed by atoms with Crippen molar-refractivity contribution in [2.45, 2.75) is 61.4 Å². The molecule has 0 radical (unpaired) electrons. The standard InChI is InChI=1S/C14H16N2.C3H6O.C3H8.C2H6/c1-2-15-11-12-6-8-13(9-7-12)14-5-3-4-10-16-14;1-3(2)4;1-3-2;1-2/h3-10,15H,2,11H2,1H3;1-2H3;3H2,1-2H3;1-2H3. The Morgan fingerprint density at radius 3 is 1.88 bits per heavy atom. The van der Waals surface area contributed by atoms with Crippen molar-refractivity contribution in [1.82, 2.24) is 10.3 Å². The number of carbonyl (C=O) groups excluding carboxylic acids is 1. The first kappa shape index (κ1) is 25.2. The highest BCUT2D eigenvalue weighted by Crippen LogP contribution is 2.16. The lowest BCUT2D eigenvalue weighted by molar-refractivity contribution is -0.114. The average Bonchev–Trinajstić information content (AvgIpc) is 2.63. The van der Waals surface area contributed by atoms with Gasteiger partial charge in [-0.25, -0.2) is 0 Å². The molecule has 1 N–H and O–H groups in total. The van der Waals surface area contributed by atoms with Crippen LogP contribution in [0.5, 0.6) is 0 Å². The van der Waals surface area contributed by atoms with E-state index >= 15 is 0 Å². The smallest absolute Gasteiger partial charge is 0.126 e. The van der Waals surface area contributed by atoms with Crippen molar-refractivity contribution in [3.8, 4) is 11.3 Å². The average molecular weight is 345 g/mol. The van der Waals surface area contributed by atoms with E-state index in [0.29, 0.717) is 0 Å². The lowest BCUT2D eigenvalue weighted by Crippen LogP contribution is -2.11. The summed E-state index contributed by atoms with van der Waals surface area (Å²) in [6, 6.07) is 14.5. The second-order valence-corrected chi connectivity index (χ2v) is 5.31. The lowest BCUT2D eigenvalue weighted by Gasteiger charge is -2.04. The highest BCUT2D eigenvalue weighted by Gasteiger charge is 1.97. The quantitative estimate of drug-likeness (QED) is 0.751. The third kappa shape index (κ3) is 15.3. The fourth-order valence-corrected chi connectivity index (χ4v) is 1.60. The first-order chi connectivity index (χ1) is 12.0. The molecule has 0 aliphatic rings. The van der Waals surface area contributed by atoms with E-state index in [0.717, 1.165) is 18.8 Å². The highest BCUT2D eigenvalue weighted by molar-refractivity contribution is 5.72. The minimum absolute atomic E-state index is 0.167. The van der Waals surface area contributed by atoms with Crippen LogP contribution in [0.4, 0.5) is 0 Å². The molecule has 0 saturated carbocycles. The summed E-state index contributed by atoms with van der Waals surface area (Å²) in [4.78, 5) is 13.8. The number of nitrogens with zero attached hydrogens (tertiary/aromatic N) is 1. The zero-order valence-corrected chi connectivity index (χ0v) is 17.1. The van der Waals surface area contributed by atoms with Crippen molar-refractivity contribution < 1.29 is 4.79 Å². The first-order valence-corrected chi connectivity index (χ1v) is 9.23. The normalized spacial score (nSPS) is 8.60. The molecule has 0 spiro atoms. The lowest BCUT2D eigenvalue weighted by atomic mass is 10.1. The summed E-state index contributed by atoms with van der Waals surface area (Å²) in [6.07, 6.45) is 3.07. The molecule has 1 heterocycles. The Labute approximate surface area is 154 Å². The number of carbonyl (C=O) groups is 1. The number of hydrogen-bond donors (Lipinski definition) is 1. The molecule has 0 saturated heterocycles. The predicted octanol–water partition coefficient (Wildman–Crippen LogP) is 5.90. The van der Waals surface area contributed by atoms with Gasteiger partial charge in [-0.2, -0.15) is 0 Å². The van der Waals surface area contributed by atoms with E-state index in [1.54, 1.807) is 0 Å². The van der Waals surface area contributed by atoms with Crippen molar-refractivity contribution in [2.24, 2.45) is 0 Å². The van der Waals surface area contributed by atoms with Gasteiger partial charge in [-0.05, 0) is 38.1 Å². The Morgan fingerprint density at radius 1 is 0.960 bits per heavy atom. The molecule has 2 rings (SSSR count). The predicted molar refractivity (Wildman–Crippen MR) is 111 cm³/mol. The zero-order chi connectivity index (χ0) is 19.5. The van der Waals surface area contributed by atoms with Crippen LogP contribution < -0.4 is 5.32 Å². The van der Waals surface area contributed by atoms with Crippen LogP contribution in [0.15, 0.2) is 48.7 Å². The van der Waals surface area contributed by atoms with Crippen LogP contribution in [0.25, 0.3) is 11.3 Å². The van der Waals surface area contributed by atoms with Crippen molar-refractivity contribution >= 4 is 5.78 Å². The van der Waals surface area contributed by atoms with Crippen LogP contribution in [0, 0.1) is 0 Å². The Kier molecular flexibility index (Phi) is 18.5. The summed E-state index contributed by atoms with van der Waals surface area (Å²) in [5.74, 6) is 0.167. The SMILES string of the molecule is CC.CC(C)=O.CCC.CCNCc1ccc(-c2ccccn2)cc1. The molecule has 0 aliphatic heterocycles. The number of Topliss-reactive ketones (excluding diaryl/α,β-unsaturated/α-hetero) is 1. The third-order valence-corrected chi connectivity index (χ3v) is 2.49. The van der Waals surface area contributed by atoms with Crippen molar-refractivity contribution in [3.05, 3.63) is 54.2 Å². The number of hydrogen-bond acceptors (Lipinski definition) is 3. The topological polar surface area (TPSA) is 42.0 Å². The van der Waals surface area contributed by atoms with Gasteiger partial charge < -0.3 is 10.1 Å². The molecule has 25 heavy (non-hydrogen) atoms. The molecule has 0 fully saturated rings. The van der Waals surface area contributed by atoms with Gasteiger partial charge in [0.2, 0.25) is 0 Å². The van der Waals surface area contributed by atoms with E-state index in [2.05, 4.69) is 55.3 Å². The monoisotopic (exact) mass is 344 g/mol. The van der Waals surface area contributed by atoms with Crippen molar-refractivity contribution in [1.29, 1.82) is 0 Å². The van der Waals surface area contributed by atoms with Crippen LogP contribution in [0.1, 0.15) is 60.5 Å². The Morgan fingerprint density at radius 2 is 1.48 bits per heavy atom. The largest absolute Gasteiger partial charge is 0.313 e. The van der Waals surface area contributed by atoms with Gasteiger partial charge in [-0.15, -0.1) is 0 Å². The van der Waals surface area contributed by atoms with E-state index in [1.165, 1.54) is 31.4 Å². The van der Waals surface area contributed by atoms with E-state index in [9.17, 15) is 4.79 Å². The summed E-state index contributed by atoms with van der Waals surface area (Å²) in [6.45, 7) is 15.4. The van der Waals surface area contributed by atoms with Crippen LogP contribution in [0.2, 0.25) is 0 Å².